The van der Waals surface area contributed by atoms with E-state index in [1.807, 2.05) is 0 Å². The average Bonchev–Trinajstić information content (AvgIpc) is 2.59. The number of hydrogen-bond donors (Lipinski definition) is 2. The number of oxime groups is 1. The molecule has 0 bridgehead atoms. The standard InChI is InChI=1S/C14H29N3O/c1-12(2)13-6-5-10-17(11-8-13)9-4-3-7-14(15)16-18/h12-13,18H,3-11H2,1-2H3,(H2,15,16). The van der Waals surface area contributed by atoms with Gasteiger partial charge in [-0.2, -0.15) is 0 Å². The summed E-state index contributed by atoms with van der Waals surface area (Å²) in [5, 5.41) is 11.5. The molecule has 0 radical (unpaired) electrons. The van der Waals surface area contributed by atoms with Crippen LogP contribution in [0.2, 0.25) is 0 Å². The van der Waals surface area contributed by atoms with Crippen LogP contribution in [0.25, 0.3) is 0 Å². The fourth-order valence-electron chi connectivity index (χ4n) is 2.76. The lowest BCUT2D eigenvalue weighted by Gasteiger charge is -2.21. The van der Waals surface area contributed by atoms with Crippen LogP contribution in [-0.2, 0) is 0 Å². The van der Waals surface area contributed by atoms with Crippen molar-refractivity contribution in [1.82, 2.24) is 4.90 Å². The monoisotopic (exact) mass is 255 g/mol. The van der Waals surface area contributed by atoms with Gasteiger partial charge in [-0.25, -0.2) is 0 Å². The third-order valence-corrected chi connectivity index (χ3v) is 4.09. The molecule has 1 fully saturated rings. The van der Waals surface area contributed by atoms with Gasteiger partial charge in [-0.15, -0.1) is 0 Å². The van der Waals surface area contributed by atoms with E-state index >= 15 is 0 Å². The van der Waals surface area contributed by atoms with Crippen molar-refractivity contribution in [3.63, 3.8) is 0 Å². The van der Waals surface area contributed by atoms with Crippen molar-refractivity contribution in [2.24, 2.45) is 22.7 Å². The number of rotatable bonds is 6. The van der Waals surface area contributed by atoms with Gasteiger partial charge in [0.05, 0.1) is 0 Å². The van der Waals surface area contributed by atoms with Crippen molar-refractivity contribution < 1.29 is 5.21 Å². The maximum Gasteiger partial charge on any atom is 0.139 e. The van der Waals surface area contributed by atoms with Gasteiger partial charge >= 0.3 is 0 Å². The van der Waals surface area contributed by atoms with Crippen LogP contribution in [0.1, 0.15) is 52.4 Å². The quantitative estimate of drug-likeness (QED) is 0.252. The molecule has 0 aromatic heterocycles. The molecule has 4 heteroatoms. The van der Waals surface area contributed by atoms with E-state index in [4.69, 9.17) is 10.9 Å². The summed E-state index contributed by atoms with van der Waals surface area (Å²) in [5.41, 5.74) is 5.46. The van der Waals surface area contributed by atoms with Crippen molar-refractivity contribution >= 4 is 5.84 Å². The molecule has 3 N–H and O–H groups in total. The van der Waals surface area contributed by atoms with Gasteiger partial charge in [-0.3, -0.25) is 0 Å². The normalized spacial score (nSPS) is 23.3. The Balaban J connectivity index is 2.16. The van der Waals surface area contributed by atoms with Crippen LogP contribution < -0.4 is 5.73 Å². The minimum Gasteiger partial charge on any atom is -0.409 e. The van der Waals surface area contributed by atoms with E-state index in [1.54, 1.807) is 0 Å². The second kappa shape index (κ2) is 8.35. The zero-order chi connectivity index (χ0) is 13.4. The lowest BCUT2D eigenvalue weighted by molar-refractivity contribution is 0.267. The summed E-state index contributed by atoms with van der Waals surface area (Å²) in [5.74, 6) is 2.09. The predicted molar refractivity (Wildman–Crippen MR) is 75.9 cm³/mol. The lowest BCUT2D eigenvalue weighted by atomic mass is 9.89. The summed E-state index contributed by atoms with van der Waals surface area (Å²) in [6.07, 6.45) is 6.93. The van der Waals surface area contributed by atoms with E-state index in [2.05, 4.69) is 23.9 Å². The summed E-state index contributed by atoms with van der Waals surface area (Å²) < 4.78 is 0. The first-order valence-corrected chi connectivity index (χ1v) is 7.32. The van der Waals surface area contributed by atoms with Crippen molar-refractivity contribution in [3.8, 4) is 0 Å². The third kappa shape index (κ3) is 5.71. The number of hydrogen-bond acceptors (Lipinski definition) is 3. The molecule has 1 rings (SSSR count). The summed E-state index contributed by atoms with van der Waals surface area (Å²) in [6, 6.07) is 0. The van der Waals surface area contributed by atoms with Gasteiger partial charge in [-0.1, -0.05) is 19.0 Å². The van der Waals surface area contributed by atoms with Gasteiger partial charge in [0.1, 0.15) is 5.84 Å². The molecule has 1 aliphatic rings. The number of amidine groups is 1. The van der Waals surface area contributed by atoms with Crippen molar-refractivity contribution in [2.45, 2.75) is 52.4 Å². The van der Waals surface area contributed by atoms with Crippen LogP contribution in [-0.4, -0.2) is 35.6 Å². The molecule has 18 heavy (non-hydrogen) atoms. The molecule has 1 unspecified atom stereocenters. The van der Waals surface area contributed by atoms with Crippen LogP contribution in [0.15, 0.2) is 5.16 Å². The molecule has 1 saturated heterocycles. The number of nitrogens with zero attached hydrogens (tertiary/aromatic N) is 2. The van der Waals surface area contributed by atoms with E-state index in [0.29, 0.717) is 12.3 Å². The highest BCUT2D eigenvalue weighted by Crippen LogP contribution is 2.24. The Morgan fingerprint density at radius 1 is 1.33 bits per heavy atom. The van der Waals surface area contributed by atoms with E-state index in [-0.39, 0.29) is 0 Å². The van der Waals surface area contributed by atoms with Crippen molar-refractivity contribution in [2.75, 3.05) is 19.6 Å². The molecule has 1 aliphatic heterocycles. The molecule has 0 aliphatic carbocycles. The van der Waals surface area contributed by atoms with E-state index < -0.39 is 0 Å². The minimum absolute atomic E-state index is 0.353. The van der Waals surface area contributed by atoms with Gasteiger partial charge in [0.15, 0.2) is 0 Å². The first-order chi connectivity index (χ1) is 8.63. The molecular weight excluding hydrogens is 226 g/mol. The van der Waals surface area contributed by atoms with Crippen LogP contribution >= 0.6 is 0 Å². The summed E-state index contributed by atoms with van der Waals surface area (Å²) in [4.78, 5) is 2.58. The molecule has 0 spiro atoms. The molecule has 0 aromatic carbocycles. The van der Waals surface area contributed by atoms with Crippen LogP contribution in [0.4, 0.5) is 0 Å². The molecule has 4 nitrogen and oxygen atoms in total. The van der Waals surface area contributed by atoms with Gasteiger partial charge in [0.2, 0.25) is 0 Å². The minimum atomic E-state index is 0.353. The van der Waals surface area contributed by atoms with Gasteiger partial charge < -0.3 is 15.8 Å². The fourth-order valence-corrected chi connectivity index (χ4v) is 2.76. The Hall–Kier alpha value is -0.770. The zero-order valence-electron chi connectivity index (χ0n) is 11.9. The lowest BCUT2D eigenvalue weighted by Crippen LogP contribution is -2.26. The molecule has 0 amide bonds. The SMILES string of the molecule is CC(C)C1CCCN(CCCCC(N)=NO)CC1. The molecule has 0 saturated carbocycles. The van der Waals surface area contributed by atoms with Crippen molar-refractivity contribution in [3.05, 3.63) is 0 Å². The predicted octanol–water partition coefficient (Wildman–Crippen LogP) is 2.66. The van der Waals surface area contributed by atoms with Gasteiger partial charge in [0, 0.05) is 6.42 Å². The van der Waals surface area contributed by atoms with Crippen LogP contribution in [0.5, 0.6) is 0 Å². The molecule has 106 valence electrons. The number of nitrogens with two attached hydrogens (primary N) is 1. The Morgan fingerprint density at radius 3 is 2.78 bits per heavy atom. The Kier molecular flexibility index (Phi) is 7.09. The maximum atomic E-state index is 8.45. The summed E-state index contributed by atoms with van der Waals surface area (Å²) in [7, 11) is 0. The first-order valence-electron chi connectivity index (χ1n) is 7.32. The highest BCUT2D eigenvalue weighted by molar-refractivity contribution is 5.79. The van der Waals surface area contributed by atoms with Gasteiger partial charge in [-0.05, 0) is 63.6 Å². The summed E-state index contributed by atoms with van der Waals surface area (Å²) in [6.45, 7) is 8.33. The van der Waals surface area contributed by atoms with Crippen LogP contribution in [0, 0.1) is 11.8 Å². The van der Waals surface area contributed by atoms with E-state index in [9.17, 15) is 0 Å². The number of unbranched alkanes of at least 4 members (excludes halogenated alkanes) is 1. The zero-order valence-corrected chi connectivity index (χ0v) is 11.9. The summed E-state index contributed by atoms with van der Waals surface area (Å²) >= 11 is 0. The highest BCUT2D eigenvalue weighted by atomic mass is 16.4. The molecule has 0 aromatic rings. The molecular formula is C14H29N3O. The van der Waals surface area contributed by atoms with E-state index in [1.165, 1.54) is 32.4 Å². The Labute approximate surface area is 111 Å². The topological polar surface area (TPSA) is 61.8 Å². The largest absolute Gasteiger partial charge is 0.409 e. The highest BCUT2D eigenvalue weighted by Gasteiger charge is 2.18. The Bertz CT molecular complexity index is 253. The maximum absolute atomic E-state index is 8.45. The number of likely N-dealkylation sites (tertiary alicyclic amines) is 1. The average molecular weight is 255 g/mol. The van der Waals surface area contributed by atoms with Gasteiger partial charge in [0.25, 0.3) is 0 Å². The third-order valence-electron chi connectivity index (χ3n) is 4.09. The molecule has 1 atom stereocenters. The Morgan fingerprint density at radius 2 is 2.11 bits per heavy atom. The molecule has 1 heterocycles. The second-order valence-corrected chi connectivity index (χ2v) is 5.83. The first kappa shape index (κ1) is 15.3. The van der Waals surface area contributed by atoms with E-state index in [0.717, 1.165) is 31.2 Å². The fraction of sp³-hybridized carbons (Fsp3) is 0.929. The second-order valence-electron chi connectivity index (χ2n) is 5.83. The van der Waals surface area contributed by atoms with Crippen molar-refractivity contribution in [1.29, 1.82) is 0 Å². The smallest absolute Gasteiger partial charge is 0.139 e. The van der Waals surface area contributed by atoms with Crippen LogP contribution in [0.3, 0.4) is 0 Å².